The quantitative estimate of drug-likeness (QED) is 0.0945. The van der Waals surface area contributed by atoms with E-state index in [1.807, 2.05) is 18.3 Å². The van der Waals surface area contributed by atoms with E-state index in [-0.39, 0.29) is 26.5 Å². The SMILES string of the molecule is CC(C)(C)c1ccnc(-n2c3[c-]c(Oc4[c-]c5c(cc4)[Si](C)(C)c4cccc6c4n-5[c-][n+]6-c4ccccc4)ccc3c3c(-c4ccccc4)cc(-c4ccccc4)cc32)c1.[Pt]. The van der Waals surface area contributed by atoms with E-state index >= 15 is 0 Å². The fourth-order valence-electron chi connectivity index (χ4n) is 9.05. The molecule has 1 aliphatic rings. The van der Waals surface area contributed by atoms with Crippen LogP contribution >= 0.6 is 0 Å². The van der Waals surface area contributed by atoms with Gasteiger partial charge in [-0.15, -0.1) is 34.8 Å². The summed E-state index contributed by atoms with van der Waals surface area (Å²) in [6, 6.07) is 63.4. The molecule has 11 rings (SSSR count). The van der Waals surface area contributed by atoms with Gasteiger partial charge in [0.25, 0.3) is 6.33 Å². The van der Waals surface area contributed by atoms with Gasteiger partial charge in [0.2, 0.25) is 0 Å². The maximum absolute atomic E-state index is 6.81. The zero-order valence-electron chi connectivity index (χ0n) is 34.6. The summed E-state index contributed by atoms with van der Waals surface area (Å²) < 4.78 is 13.4. The Morgan fingerprint density at radius 2 is 1.34 bits per heavy atom. The number of rotatable bonds is 6. The maximum atomic E-state index is 6.81. The summed E-state index contributed by atoms with van der Waals surface area (Å²) in [6.07, 6.45) is 5.62. The molecule has 0 amide bonds. The van der Waals surface area contributed by atoms with Crippen molar-refractivity contribution >= 4 is 51.3 Å². The van der Waals surface area contributed by atoms with Crippen LogP contribution in [0.5, 0.6) is 11.5 Å². The minimum atomic E-state index is -2.10. The summed E-state index contributed by atoms with van der Waals surface area (Å²) in [7, 11) is -2.10. The number of hydrogen-bond donors (Lipinski definition) is 0. The maximum Gasteiger partial charge on any atom is 0.268 e. The molecule has 61 heavy (non-hydrogen) atoms. The zero-order chi connectivity index (χ0) is 40.8. The Balaban J connectivity index is 0.00000445. The molecule has 5 nitrogen and oxygen atoms in total. The van der Waals surface area contributed by atoms with Gasteiger partial charge in [-0.2, -0.15) is 12.1 Å². The molecule has 0 radical (unpaired) electrons. The number of ether oxygens (including phenoxy) is 1. The van der Waals surface area contributed by atoms with E-state index < -0.39 is 8.07 Å². The van der Waals surface area contributed by atoms with Crippen molar-refractivity contribution in [3.63, 3.8) is 0 Å². The molecule has 300 valence electrons. The minimum Gasteiger partial charge on any atom is -0.510 e. The number of benzene rings is 7. The van der Waals surface area contributed by atoms with Crippen LogP contribution in [0.3, 0.4) is 0 Å². The topological polar surface area (TPSA) is 35.9 Å². The van der Waals surface area contributed by atoms with E-state index in [0.717, 1.165) is 66.8 Å². The average molecular weight is 986 g/mol. The molecule has 0 spiro atoms. The van der Waals surface area contributed by atoms with Crippen molar-refractivity contribution in [3.05, 3.63) is 188 Å². The molecule has 0 aliphatic carbocycles. The van der Waals surface area contributed by atoms with E-state index in [1.165, 1.54) is 21.5 Å². The summed E-state index contributed by atoms with van der Waals surface area (Å²) in [5.74, 6) is 2.07. The predicted octanol–water partition coefficient (Wildman–Crippen LogP) is 11.4. The first-order valence-electron chi connectivity index (χ1n) is 20.6. The van der Waals surface area contributed by atoms with E-state index in [0.29, 0.717) is 11.5 Å². The molecular weight excluding hydrogens is 944 g/mol. The Bertz CT molecular complexity index is 3290. The first-order chi connectivity index (χ1) is 29.1. The van der Waals surface area contributed by atoms with Crippen molar-refractivity contribution in [2.24, 2.45) is 0 Å². The van der Waals surface area contributed by atoms with Gasteiger partial charge >= 0.3 is 0 Å². The van der Waals surface area contributed by atoms with Gasteiger partial charge in [0, 0.05) is 52.4 Å². The normalized spacial score (nSPS) is 13.0. The second kappa shape index (κ2) is 14.7. The van der Waals surface area contributed by atoms with Crippen molar-refractivity contribution in [2.45, 2.75) is 39.3 Å². The third-order valence-electron chi connectivity index (χ3n) is 12.2. The van der Waals surface area contributed by atoms with Crippen LogP contribution in [0.15, 0.2) is 164 Å². The van der Waals surface area contributed by atoms with Gasteiger partial charge < -0.3 is 13.9 Å². The van der Waals surface area contributed by atoms with Crippen LogP contribution in [-0.4, -0.2) is 22.2 Å². The third kappa shape index (κ3) is 6.40. The van der Waals surface area contributed by atoms with E-state index in [9.17, 15) is 0 Å². The Kier molecular flexibility index (Phi) is 9.35. The monoisotopic (exact) mass is 985 g/mol. The van der Waals surface area contributed by atoms with Crippen LogP contribution in [0.4, 0.5) is 0 Å². The van der Waals surface area contributed by atoms with Crippen LogP contribution in [0.25, 0.3) is 72.3 Å². The van der Waals surface area contributed by atoms with Crippen LogP contribution in [0.2, 0.25) is 13.1 Å². The first kappa shape index (κ1) is 38.8. The number of aromatic nitrogens is 4. The molecule has 0 saturated carbocycles. The van der Waals surface area contributed by atoms with Gasteiger partial charge in [0.05, 0.1) is 16.7 Å². The Morgan fingerprint density at radius 3 is 2.08 bits per heavy atom. The minimum absolute atomic E-state index is 0. The summed E-state index contributed by atoms with van der Waals surface area (Å²) in [5.41, 5.74) is 12.1. The molecule has 3 aromatic heterocycles. The summed E-state index contributed by atoms with van der Waals surface area (Å²) >= 11 is 0. The van der Waals surface area contributed by atoms with Crippen LogP contribution in [0.1, 0.15) is 26.3 Å². The number of fused-ring (bicyclic) bond motifs is 5. The van der Waals surface area contributed by atoms with Gasteiger partial charge in [-0.25, -0.2) is 4.98 Å². The fourth-order valence-corrected chi connectivity index (χ4v) is 12.0. The molecule has 0 unspecified atom stereocenters. The van der Waals surface area contributed by atoms with Gasteiger partial charge in [-0.3, -0.25) is 4.57 Å². The number of imidazole rings is 1. The number of hydrogen-bond acceptors (Lipinski definition) is 2. The molecule has 0 N–H and O–H groups in total. The smallest absolute Gasteiger partial charge is 0.268 e. The van der Waals surface area contributed by atoms with Crippen molar-refractivity contribution in [1.29, 1.82) is 0 Å². The van der Waals surface area contributed by atoms with Crippen molar-refractivity contribution in [1.82, 2.24) is 14.1 Å². The predicted molar refractivity (Wildman–Crippen MR) is 246 cm³/mol. The van der Waals surface area contributed by atoms with Gasteiger partial charge in [-0.1, -0.05) is 142 Å². The molecule has 7 aromatic carbocycles. The van der Waals surface area contributed by atoms with Gasteiger partial charge in [0.1, 0.15) is 5.82 Å². The molecule has 0 saturated heterocycles. The Hall–Kier alpha value is -6.33. The largest absolute Gasteiger partial charge is 0.510 e. The molecular formula is C54H42N4OPtSi-2. The van der Waals surface area contributed by atoms with Crippen molar-refractivity contribution in [2.75, 3.05) is 0 Å². The standard InChI is InChI=1S/C54H42N4OSi.Pt/c1-54(2,3)39-28-29-55-51(32-39)58-46-33-41(24-26-43(46)52-44(37-18-11-7-12-19-37)30-38(31-48(52)58)36-16-9-6-10-17-36)59-42-25-27-49-47(34-42)57-35-56(40-20-13-8-14-21-40)45-22-15-23-50(53(45)57)60(49,4)5;/h6-32H,1-5H3;/q-2;. The van der Waals surface area contributed by atoms with E-state index in [4.69, 9.17) is 9.72 Å². The number of pyridine rings is 1. The van der Waals surface area contributed by atoms with Gasteiger partial charge in [-0.05, 0) is 80.7 Å². The third-order valence-corrected chi connectivity index (χ3v) is 15.7. The zero-order valence-corrected chi connectivity index (χ0v) is 37.9. The second-order valence-corrected chi connectivity index (χ2v) is 21.6. The van der Waals surface area contributed by atoms with Crippen LogP contribution in [0, 0.1) is 18.5 Å². The first-order valence-corrected chi connectivity index (χ1v) is 23.6. The van der Waals surface area contributed by atoms with E-state index in [1.54, 1.807) is 0 Å². The Labute approximate surface area is 371 Å². The van der Waals surface area contributed by atoms with Crippen molar-refractivity contribution in [3.8, 4) is 50.9 Å². The molecule has 4 heterocycles. The summed E-state index contributed by atoms with van der Waals surface area (Å²) in [4.78, 5) is 5.03. The molecule has 0 fully saturated rings. The Morgan fingerprint density at radius 1 is 0.656 bits per heavy atom. The molecule has 1 aliphatic heterocycles. The molecule has 10 aromatic rings. The molecule has 7 heteroatoms. The van der Waals surface area contributed by atoms with Crippen molar-refractivity contribution < 1.29 is 30.4 Å². The summed E-state index contributed by atoms with van der Waals surface area (Å²) in [5, 5.41) is 4.91. The fraction of sp³-hybridized carbons (Fsp3) is 0.111. The number of para-hydroxylation sites is 2. The van der Waals surface area contributed by atoms with Gasteiger partial charge in [0.15, 0.2) is 0 Å². The second-order valence-electron chi connectivity index (χ2n) is 17.3. The van der Waals surface area contributed by atoms with Crippen LogP contribution < -0.4 is 19.7 Å². The molecule has 0 bridgehead atoms. The van der Waals surface area contributed by atoms with Crippen LogP contribution in [-0.2, 0) is 26.5 Å². The average Bonchev–Trinajstić information content (AvgIpc) is 3.82. The molecule has 0 atom stereocenters. The number of nitrogens with zero attached hydrogens (tertiary/aromatic N) is 4. The summed E-state index contributed by atoms with van der Waals surface area (Å²) in [6.45, 7) is 11.6. The van der Waals surface area contributed by atoms with E-state index in [2.05, 4.69) is 212 Å².